The minimum absolute atomic E-state index is 0. The summed E-state index contributed by atoms with van der Waals surface area (Å²) in [5.41, 5.74) is 5.83. The van der Waals surface area contributed by atoms with E-state index in [0.29, 0.717) is 0 Å². The average Bonchev–Trinajstić information content (AvgIpc) is 2.55. The molecule has 0 atom stereocenters. The Morgan fingerprint density at radius 3 is 0.424 bits per heavy atom. The third-order valence-electron chi connectivity index (χ3n) is 18.3. The van der Waals surface area contributed by atoms with Crippen molar-refractivity contribution in [3.05, 3.63) is 144 Å². The van der Waals surface area contributed by atoms with Gasteiger partial charge >= 0.3 is 0 Å². The highest BCUT2D eigenvalue weighted by Crippen LogP contribution is 2.19. The van der Waals surface area contributed by atoms with Gasteiger partial charge in [0, 0.05) is 22.3 Å². The largest absolute Gasteiger partial charge is 1.00 e. The number of unbranched alkanes of at least 4 members (excludes halogenated alkanes) is 36. The van der Waals surface area contributed by atoms with Crippen LogP contribution in [0.25, 0.3) is 0 Å². The van der Waals surface area contributed by atoms with E-state index in [1.807, 2.05) is 0 Å². The minimum atomic E-state index is 0. The van der Waals surface area contributed by atoms with Crippen molar-refractivity contribution in [3.8, 4) is 0 Å². The molecular formula is C84H152F4N4. The summed E-state index contributed by atoms with van der Waals surface area (Å²) >= 11 is 0. The summed E-state index contributed by atoms with van der Waals surface area (Å²) in [6.07, 6.45) is 57.0. The van der Waals surface area contributed by atoms with E-state index < -0.39 is 0 Å². The maximum Gasteiger partial charge on any atom is 0.104 e. The number of benzene rings is 4. The number of hydrogen-bond donors (Lipinski definition) is 0. The predicted molar refractivity (Wildman–Crippen MR) is 396 cm³/mol. The lowest BCUT2D eigenvalue weighted by Crippen LogP contribution is -3.00. The van der Waals surface area contributed by atoms with E-state index >= 15 is 0 Å². The van der Waals surface area contributed by atoms with Gasteiger partial charge in [0.15, 0.2) is 0 Å². The minimum Gasteiger partial charge on any atom is -1.00 e. The summed E-state index contributed by atoms with van der Waals surface area (Å²) in [6.45, 7) is 19.0. The van der Waals surface area contributed by atoms with Gasteiger partial charge in [0.2, 0.25) is 0 Å². The van der Waals surface area contributed by atoms with E-state index in [4.69, 9.17) is 0 Å². The molecule has 0 aromatic heterocycles. The highest BCUT2D eigenvalue weighted by Gasteiger charge is 2.18. The zero-order valence-electron chi connectivity index (χ0n) is 62.8. The molecule has 0 bridgehead atoms. The summed E-state index contributed by atoms with van der Waals surface area (Å²) in [6, 6.07) is 43.6. The molecule has 0 saturated carbocycles. The third kappa shape index (κ3) is 62.5. The van der Waals surface area contributed by atoms with Gasteiger partial charge in [-0.3, -0.25) is 0 Å². The summed E-state index contributed by atoms with van der Waals surface area (Å²) in [7, 11) is 18.9. The second-order valence-corrected chi connectivity index (χ2v) is 29.9. The fourth-order valence-electron chi connectivity index (χ4n) is 12.7. The molecule has 0 saturated heterocycles. The van der Waals surface area contributed by atoms with Crippen molar-refractivity contribution < 1.29 is 36.7 Å². The van der Waals surface area contributed by atoms with Gasteiger partial charge in [0.05, 0.1) is 82.6 Å². The van der Waals surface area contributed by atoms with Gasteiger partial charge in [0.1, 0.15) is 26.2 Å². The first-order chi connectivity index (χ1) is 42.6. The van der Waals surface area contributed by atoms with Crippen molar-refractivity contribution in [2.24, 2.45) is 0 Å². The molecule has 0 N–H and O–H groups in total. The number of halogens is 4. The average molecular weight is 1290 g/mol. The van der Waals surface area contributed by atoms with Crippen molar-refractivity contribution >= 4 is 0 Å². The number of rotatable bonds is 52. The van der Waals surface area contributed by atoms with Crippen LogP contribution in [0.15, 0.2) is 121 Å². The lowest BCUT2D eigenvalue weighted by atomic mass is 10.1. The lowest BCUT2D eigenvalue weighted by Gasteiger charge is -2.30. The first kappa shape index (κ1) is 94.8. The van der Waals surface area contributed by atoms with Gasteiger partial charge in [-0.2, -0.15) is 0 Å². The molecule has 0 aliphatic carbocycles. The van der Waals surface area contributed by atoms with Crippen LogP contribution in [-0.4, -0.2) is 100 Å². The third-order valence-corrected chi connectivity index (χ3v) is 18.3. The van der Waals surface area contributed by atoms with Gasteiger partial charge in [-0.1, -0.05) is 354 Å². The summed E-state index contributed by atoms with van der Waals surface area (Å²) < 4.78 is 4.45. The standard InChI is InChI=1S/4C21H38N.4FH/c4*1-4-5-6-7-8-9-10-11-12-16-19-22(2,3)20-21-17-14-13-15-18-21;;;;/h4*13-15,17-18H,4-12,16,19-20H2,1-3H3;4*1H/q4*+1;;;;/p-4. The molecule has 0 amide bonds. The Bertz CT molecular complexity index is 1740. The molecule has 0 aliphatic heterocycles. The zero-order valence-corrected chi connectivity index (χ0v) is 62.8. The predicted octanol–water partition coefficient (Wildman–Crippen LogP) is 12.8. The molecule has 0 unspecified atom stereocenters. The van der Waals surface area contributed by atoms with Crippen LogP contribution in [0.2, 0.25) is 0 Å². The lowest BCUT2D eigenvalue weighted by molar-refractivity contribution is -0.903. The SMILES string of the molecule is CCCCCCCCCCCC[N+](C)(C)Cc1ccccc1.CCCCCCCCCCCC[N+](C)(C)Cc1ccccc1.CCCCCCCCCCCC[N+](C)(C)Cc1ccccc1.CCCCCCCCCCCC[N+](C)(C)Cc1ccccc1.[F-].[F-].[F-].[F-]. The van der Waals surface area contributed by atoms with Crippen molar-refractivity contribution in [2.45, 2.75) is 311 Å². The van der Waals surface area contributed by atoms with E-state index in [0.717, 1.165) is 44.1 Å². The van der Waals surface area contributed by atoms with Crippen LogP contribution in [0.5, 0.6) is 0 Å². The molecule has 0 spiro atoms. The Balaban J connectivity index is -0.000000553. The normalized spacial score (nSPS) is 11.3. The van der Waals surface area contributed by atoms with Crippen molar-refractivity contribution in [1.29, 1.82) is 0 Å². The quantitative estimate of drug-likeness (QED) is 0.0235. The van der Waals surface area contributed by atoms with Crippen LogP contribution in [-0.2, 0) is 26.2 Å². The molecule has 0 fully saturated rings. The number of nitrogens with zero attached hydrogens (tertiary/aromatic N) is 4. The fraction of sp³-hybridized carbons (Fsp3) is 0.714. The molecule has 4 rings (SSSR count). The van der Waals surface area contributed by atoms with E-state index in [2.05, 4.69) is 205 Å². The molecule has 0 aliphatic rings. The Morgan fingerprint density at radius 2 is 0.293 bits per heavy atom. The maximum absolute atomic E-state index is 2.36. The molecule has 4 aromatic carbocycles. The first-order valence-corrected chi connectivity index (χ1v) is 38.0. The van der Waals surface area contributed by atoms with Crippen LogP contribution >= 0.6 is 0 Å². The van der Waals surface area contributed by atoms with Gasteiger partial charge in [-0.15, -0.1) is 0 Å². The molecule has 0 radical (unpaired) electrons. The smallest absolute Gasteiger partial charge is 0.104 e. The van der Waals surface area contributed by atoms with Crippen LogP contribution < -0.4 is 18.8 Å². The van der Waals surface area contributed by atoms with E-state index in [9.17, 15) is 0 Å². The van der Waals surface area contributed by atoms with Crippen LogP contribution in [0.4, 0.5) is 0 Å². The Morgan fingerprint density at radius 1 is 0.174 bits per heavy atom. The van der Waals surface area contributed by atoms with Crippen molar-refractivity contribution in [3.63, 3.8) is 0 Å². The Hall–Kier alpha value is -3.56. The first-order valence-electron chi connectivity index (χ1n) is 38.0. The molecule has 536 valence electrons. The van der Waals surface area contributed by atoms with Gasteiger partial charge < -0.3 is 36.7 Å². The molecule has 92 heavy (non-hydrogen) atoms. The summed E-state index contributed by atoms with van der Waals surface area (Å²) in [4.78, 5) is 0. The highest BCUT2D eigenvalue weighted by atomic mass is 19.0. The molecule has 0 heterocycles. The maximum atomic E-state index is 2.36. The second-order valence-electron chi connectivity index (χ2n) is 29.9. The van der Waals surface area contributed by atoms with E-state index in [1.54, 1.807) is 0 Å². The molecule has 4 aromatic rings. The second kappa shape index (κ2) is 64.8. The van der Waals surface area contributed by atoms with Gasteiger partial charge in [-0.25, -0.2) is 0 Å². The molecular weight excluding hydrogens is 1140 g/mol. The van der Waals surface area contributed by atoms with Gasteiger partial charge in [0.25, 0.3) is 0 Å². The topological polar surface area (TPSA) is 0 Å². The van der Waals surface area contributed by atoms with Crippen molar-refractivity contribution in [1.82, 2.24) is 0 Å². The van der Waals surface area contributed by atoms with E-state index in [1.165, 1.54) is 305 Å². The summed E-state index contributed by atoms with van der Waals surface area (Å²) in [5, 5.41) is 0. The molecule has 4 nitrogen and oxygen atoms in total. The van der Waals surface area contributed by atoms with Gasteiger partial charge in [-0.05, 0) is 51.4 Å². The number of hydrogen-bond acceptors (Lipinski definition) is 0. The fourth-order valence-corrected chi connectivity index (χ4v) is 12.7. The van der Waals surface area contributed by atoms with Crippen LogP contribution in [0.1, 0.15) is 307 Å². The summed E-state index contributed by atoms with van der Waals surface area (Å²) in [5.74, 6) is 0. The highest BCUT2D eigenvalue weighted by molar-refractivity contribution is 5.15. The van der Waals surface area contributed by atoms with E-state index in [-0.39, 0.29) is 18.8 Å². The van der Waals surface area contributed by atoms with Crippen LogP contribution in [0, 0.1) is 0 Å². The molecule has 8 heteroatoms. The number of quaternary nitrogens is 4. The zero-order chi connectivity index (χ0) is 64.4. The Labute approximate surface area is 570 Å². The van der Waals surface area contributed by atoms with Crippen molar-refractivity contribution in [2.75, 3.05) is 82.6 Å². The van der Waals surface area contributed by atoms with Crippen LogP contribution in [0.3, 0.4) is 0 Å². The monoisotopic (exact) mass is 1290 g/mol. The Kier molecular flexibility index (Phi) is 66.8.